The molecule has 0 aliphatic heterocycles. The number of benzene rings is 1. The minimum absolute atomic E-state index is 0.0696. The second kappa shape index (κ2) is 7.40. The van der Waals surface area contributed by atoms with Gasteiger partial charge in [-0.15, -0.1) is 0 Å². The van der Waals surface area contributed by atoms with Gasteiger partial charge in [0.15, 0.2) is 5.82 Å². The average Bonchev–Trinajstić information content (AvgIpc) is 2.91. The molecule has 1 aromatic heterocycles. The maximum atomic E-state index is 13.4. The van der Waals surface area contributed by atoms with Crippen LogP contribution in [0.3, 0.4) is 0 Å². The second-order valence-electron chi connectivity index (χ2n) is 5.10. The molecule has 1 heterocycles. The van der Waals surface area contributed by atoms with Gasteiger partial charge in [0, 0.05) is 22.8 Å². The molecule has 2 rings (SSSR count). The van der Waals surface area contributed by atoms with E-state index in [1.807, 2.05) is 13.8 Å². The first-order valence-corrected chi connectivity index (χ1v) is 8.26. The minimum Gasteiger partial charge on any atom is -0.338 e. The van der Waals surface area contributed by atoms with Gasteiger partial charge in [0.2, 0.25) is 11.8 Å². The van der Waals surface area contributed by atoms with Crippen molar-refractivity contribution in [1.29, 1.82) is 0 Å². The van der Waals surface area contributed by atoms with Crippen molar-refractivity contribution in [2.75, 3.05) is 11.1 Å². The van der Waals surface area contributed by atoms with E-state index in [4.69, 9.17) is 4.52 Å². The van der Waals surface area contributed by atoms with Gasteiger partial charge in [-0.3, -0.25) is 9.00 Å². The van der Waals surface area contributed by atoms with Crippen molar-refractivity contribution in [2.45, 2.75) is 25.5 Å². The summed E-state index contributed by atoms with van der Waals surface area (Å²) in [6, 6.07) is 2.68. The van der Waals surface area contributed by atoms with E-state index in [0.29, 0.717) is 5.82 Å². The summed E-state index contributed by atoms with van der Waals surface area (Å²) < 4.78 is 43.2. The summed E-state index contributed by atoms with van der Waals surface area (Å²) in [5.41, 5.74) is -0.299. The lowest BCUT2D eigenvalue weighted by molar-refractivity contribution is -0.113. The topological polar surface area (TPSA) is 85.1 Å². The van der Waals surface area contributed by atoms with Gasteiger partial charge in [0.1, 0.15) is 23.1 Å². The van der Waals surface area contributed by atoms with E-state index in [1.165, 1.54) is 0 Å². The molecule has 23 heavy (non-hydrogen) atoms. The lowest BCUT2D eigenvalue weighted by Gasteiger charge is -2.05. The van der Waals surface area contributed by atoms with Crippen molar-refractivity contribution in [3.8, 4) is 0 Å². The molecule has 0 radical (unpaired) electrons. The monoisotopic (exact) mass is 343 g/mol. The van der Waals surface area contributed by atoms with Crippen molar-refractivity contribution in [2.24, 2.45) is 0 Å². The highest BCUT2D eigenvalue weighted by Gasteiger charge is 2.16. The summed E-state index contributed by atoms with van der Waals surface area (Å²) in [6.45, 7) is 3.76. The van der Waals surface area contributed by atoms with Crippen LogP contribution in [0.25, 0.3) is 0 Å². The van der Waals surface area contributed by atoms with Crippen LogP contribution in [0.2, 0.25) is 0 Å². The third-order valence-electron chi connectivity index (χ3n) is 2.78. The largest absolute Gasteiger partial charge is 0.338 e. The Morgan fingerprint density at radius 1 is 1.39 bits per heavy atom. The van der Waals surface area contributed by atoms with Crippen LogP contribution in [0.15, 0.2) is 22.7 Å². The number of carbonyl (C=O) groups excluding carboxylic acids is 1. The van der Waals surface area contributed by atoms with Gasteiger partial charge < -0.3 is 9.84 Å². The minimum atomic E-state index is -1.61. The number of nitrogens with zero attached hydrogens (tertiary/aromatic N) is 2. The van der Waals surface area contributed by atoms with E-state index in [1.54, 1.807) is 0 Å². The first-order chi connectivity index (χ1) is 10.8. The van der Waals surface area contributed by atoms with Crippen LogP contribution in [0, 0.1) is 11.6 Å². The highest BCUT2D eigenvalue weighted by molar-refractivity contribution is 7.84. The van der Waals surface area contributed by atoms with Crippen LogP contribution < -0.4 is 5.32 Å². The molecule has 2 aromatic rings. The molecule has 9 heteroatoms. The highest BCUT2D eigenvalue weighted by Crippen LogP contribution is 2.15. The first kappa shape index (κ1) is 17.2. The Morgan fingerprint density at radius 2 is 2.13 bits per heavy atom. The van der Waals surface area contributed by atoms with Gasteiger partial charge in [-0.2, -0.15) is 4.98 Å². The Morgan fingerprint density at radius 3 is 2.78 bits per heavy atom. The molecule has 0 fully saturated rings. The molecule has 0 aliphatic rings. The lowest BCUT2D eigenvalue weighted by Crippen LogP contribution is -2.21. The molecule has 0 bridgehead atoms. The average molecular weight is 343 g/mol. The maximum absolute atomic E-state index is 13.4. The number of aromatic nitrogens is 2. The van der Waals surface area contributed by atoms with Crippen LogP contribution in [-0.4, -0.2) is 26.0 Å². The number of carbonyl (C=O) groups is 1. The molecule has 0 aliphatic carbocycles. The van der Waals surface area contributed by atoms with E-state index < -0.39 is 34.1 Å². The number of rotatable bonds is 6. The van der Waals surface area contributed by atoms with Crippen molar-refractivity contribution >= 4 is 22.4 Å². The third kappa shape index (κ3) is 4.92. The fraction of sp³-hybridized carbons (Fsp3) is 0.357. The van der Waals surface area contributed by atoms with E-state index in [2.05, 4.69) is 15.5 Å². The predicted molar refractivity (Wildman–Crippen MR) is 80.1 cm³/mol. The Balaban J connectivity index is 1.91. The highest BCUT2D eigenvalue weighted by atomic mass is 32.2. The lowest BCUT2D eigenvalue weighted by atomic mass is 10.2. The molecule has 6 nitrogen and oxygen atoms in total. The summed E-state index contributed by atoms with van der Waals surface area (Å²) in [5.74, 6) is -1.91. The van der Waals surface area contributed by atoms with Crippen LogP contribution in [0.5, 0.6) is 0 Å². The predicted octanol–water partition coefficient (Wildman–Crippen LogP) is 2.36. The van der Waals surface area contributed by atoms with E-state index in [0.717, 1.165) is 18.2 Å². The zero-order valence-electron chi connectivity index (χ0n) is 12.5. The van der Waals surface area contributed by atoms with Crippen molar-refractivity contribution in [3.05, 3.63) is 41.5 Å². The Bertz CT molecular complexity index is 734. The zero-order chi connectivity index (χ0) is 17.0. The molecular formula is C14H15F2N3O3S. The van der Waals surface area contributed by atoms with Crippen molar-refractivity contribution < 1.29 is 22.3 Å². The van der Waals surface area contributed by atoms with Crippen LogP contribution in [0.4, 0.5) is 14.5 Å². The zero-order valence-corrected chi connectivity index (χ0v) is 13.3. The van der Waals surface area contributed by atoms with Gasteiger partial charge in [-0.1, -0.05) is 19.0 Å². The summed E-state index contributed by atoms with van der Waals surface area (Å²) in [4.78, 5) is 15.8. The Kier molecular flexibility index (Phi) is 5.54. The summed E-state index contributed by atoms with van der Waals surface area (Å²) in [7, 11) is -1.61. The maximum Gasteiger partial charge on any atom is 0.239 e. The van der Waals surface area contributed by atoms with Crippen molar-refractivity contribution in [1.82, 2.24) is 10.1 Å². The number of amides is 1. The van der Waals surface area contributed by atoms with E-state index in [-0.39, 0.29) is 23.2 Å². The summed E-state index contributed by atoms with van der Waals surface area (Å²) in [6.07, 6.45) is 0. The molecular weight excluding hydrogens is 328 g/mol. The number of nitrogens with one attached hydrogen (secondary N) is 1. The fourth-order valence-electron chi connectivity index (χ4n) is 1.68. The summed E-state index contributed by atoms with van der Waals surface area (Å²) in [5, 5.41) is 5.90. The normalized spacial score (nSPS) is 12.4. The Labute approximate surface area is 133 Å². The molecule has 0 saturated carbocycles. The number of hydrogen-bond acceptors (Lipinski definition) is 5. The summed E-state index contributed by atoms with van der Waals surface area (Å²) >= 11 is 0. The molecule has 124 valence electrons. The molecule has 1 amide bonds. The van der Waals surface area contributed by atoms with E-state index >= 15 is 0 Å². The van der Waals surface area contributed by atoms with Crippen molar-refractivity contribution in [3.63, 3.8) is 0 Å². The number of hydrogen-bond donors (Lipinski definition) is 1. The molecule has 0 unspecified atom stereocenters. The smallest absolute Gasteiger partial charge is 0.239 e. The van der Waals surface area contributed by atoms with Crippen LogP contribution in [0.1, 0.15) is 31.5 Å². The van der Waals surface area contributed by atoms with Gasteiger partial charge in [0.05, 0.1) is 5.69 Å². The fourth-order valence-corrected chi connectivity index (χ4v) is 2.54. The third-order valence-corrected chi connectivity index (χ3v) is 3.93. The van der Waals surface area contributed by atoms with Gasteiger partial charge >= 0.3 is 0 Å². The van der Waals surface area contributed by atoms with Gasteiger partial charge in [-0.05, 0) is 12.1 Å². The number of anilines is 1. The molecule has 1 N–H and O–H groups in total. The SMILES string of the molecule is CC(C)c1noc(C[S@](=O)CC(=O)Nc2cc(F)ccc2F)n1. The van der Waals surface area contributed by atoms with Crippen LogP contribution in [-0.2, 0) is 21.3 Å². The van der Waals surface area contributed by atoms with Gasteiger partial charge in [0.25, 0.3) is 0 Å². The van der Waals surface area contributed by atoms with Gasteiger partial charge in [-0.25, -0.2) is 8.78 Å². The molecule has 1 atom stereocenters. The molecule has 1 aromatic carbocycles. The first-order valence-electron chi connectivity index (χ1n) is 6.77. The molecule has 0 saturated heterocycles. The molecule has 0 spiro atoms. The van der Waals surface area contributed by atoms with Crippen LogP contribution >= 0.6 is 0 Å². The van der Waals surface area contributed by atoms with E-state index in [9.17, 15) is 17.8 Å². The Hall–Kier alpha value is -2.16. The quantitative estimate of drug-likeness (QED) is 0.870. The second-order valence-corrected chi connectivity index (χ2v) is 6.56. The number of halogens is 2. The standard InChI is InChI=1S/C14H15F2N3O3S/c1-8(2)14-18-13(22-19-14)7-23(21)6-12(20)17-11-5-9(15)3-4-10(11)16/h3-5,8H,6-7H2,1-2H3,(H,17,20)/t23-/m1/s1.